The molecule has 3 heteroatoms. The third-order valence-electron chi connectivity index (χ3n) is 6.89. The molecule has 35 heavy (non-hydrogen) atoms. The van der Waals surface area contributed by atoms with Gasteiger partial charge in [0.1, 0.15) is 0 Å². The minimum atomic E-state index is 0. The molecule has 0 aliphatic rings. The van der Waals surface area contributed by atoms with E-state index in [2.05, 4.69) is 26.0 Å². The first-order valence-electron chi connectivity index (χ1n) is 14.0. The molecule has 0 amide bonds. The first-order chi connectivity index (χ1) is 16.5. The Kier molecular flexibility index (Phi) is 22.5. The summed E-state index contributed by atoms with van der Waals surface area (Å²) < 4.78 is 0. The van der Waals surface area contributed by atoms with Crippen molar-refractivity contribution in [1.29, 1.82) is 0 Å². The van der Waals surface area contributed by atoms with Crippen LogP contribution in [0.2, 0.25) is 0 Å². The molecule has 0 heterocycles. The number of rotatable bonds is 16. The second kappa shape index (κ2) is 22.8. The summed E-state index contributed by atoms with van der Waals surface area (Å²) in [6.45, 7) is 8.38. The summed E-state index contributed by atoms with van der Waals surface area (Å²) in [5.74, 6) is 0.371. The molecular formula is C32H50BaO2. The van der Waals surface area contributed by atoms with Crippen molar-refractivity contribution in [3.8, 4) is 11.5 Å². The number of aryl methyl sites for hydroxylation is 2. The molecule has 0 bridgehead atoms. The van der Waals surface area contributed by atoms with Gasteiger partial charge < -0.3 is 10.2 Å². The van der Waals surface area contributed by atoms with Crippen LogP contribution in [0.4, 0.5) is 0 Å². The fourth-order valence-electron chi connectivity index (χ4n) is 4.41. The zero-order valence-corrected chi connectivity index (χ0v) is 27.7. The van der Waals surface area contributed by atoms with Crippen molar-refractivity contribution in [3.63, 3.8) is 0 Å². The van der Waals surface area contributed by atoms with Gasteiger partial charge in [-0.1, -0.05) is 138 Å². The van der Waals surface area contributed by atoms with Crippen LogP contribution in [0, 0.1) is 13.8 Å². The molecule has 0 atom stereocenters. The van der Waals surface area contributed by atoms with Crippen molar-refractivity contribution in [2.24, 2.45) is 0 Å². The van der Waals surface area contributed by atoms with Crippen molar-refractivity contribution in [1.82, 2.24) is 0 Å². The monoisotopic (exact) mass is 604 g/mol. The third kappa shape index (κ3) is 16.1. The topological polar surface area (TPSA) is 46.1 Å². The van der Waals surface area contributed by atoms with Crippen LogP contribution in [0.1, 0.15) is 126 Å². The second-order valence-electron chi connectivity index (χ2n) is 9.82. The average Bonchev–Trinajstić information content (AvgIpc) is 2.83. The van der Waals surface area contributed by atoms with E-state index in [9.17, 15) is 10.2 Å². The molecule has 0 saturated carbocycles. The maximum Gasteiger partial charge on any atom is 2.00 e. The molecule has 0 aromatic heterocycles. The van der Waals surface area contributed by atoms with Crippen molar-refractivity contribution in [3.05, 3.63) is 58.7 Å². The van der Waals surface area contributed by atoms with E-state index in [1.165, 1.54) is 101 Å². The Balaban J connectivity index is 0.000000642. The summed E-state index contributed by atoms with van der Waals surface area (Å²) in [6, 6.07) is 11.3. The molecule has 2 aromatic carbocycles. The molecule has 0 saturated heterocycles. The molecule has 2 aromatic rings. The van der Waals surface area contributed by atoms with E-state index in [-0.39, 0.29) is 60.4 Å². The smallest absolute Gasteiger partial charge is 0.872 e. The third-order valence-corrected chi connectivity index (χ3v) is 6.89. The normalized spacial score (nSPS) is 10.4. The van der Waals surface area contributed by atoms with E-state index >= 15 is 0 Å². The number of benzene rings is 2. The summed E-state index contributed by atoms with van der Waals surface area (Å²) in [4.78, 5) is 0. The number of hydrogen-bond donors (Lipinski definition) is 0. The Bertz CT molecular complexity index is 707. The van der Waals surface area contributed by atoms with Crippen LogP contribution in [0.25, 0.3) is 0 Å². The molecule has 0 aliphatic heterocycles. The number of hydrogen-bond acceptors (Lipinski definition) is 2. The van der Waals surface area contributed by atoms with Crippen LogP contribution in [0.3, 0.4) is 0 Å². The molecule has 2 rings (SSSR count). The molecule has 0 radical (unpaired) electrons. The van der Waals surface area contributed by atoms with Gasteiger partial charge in [0.05, 0.1) is 0 Å². The van der Waals surface area contributed by atoms with Crippen molar-refractivity contribution < 1.29 is 10.2 Å². The second-order valence-corrected chi connectivity index (χ2v) is 9.82. The van der Waals surface area contributed by atoms with Gasteiger partial charge in [-0.2, -0.15) is 0 Å². The van der Waals surface area contributed by atoms with Gasteiger partial charge in [0, 0.05) is 0 Å². The zero-order valence-electron chi connectivity index (χ0n) is 23.3. The molecule has 0 N–H and O–H groups in total. The van der Waals surface area contributed by atoms with Crippen LogP contribution in [-0.2, 0) is 12.8 Å². The summed E-state index contributed by atoms with van der Waals surface area (Å²) in [7, 11) is 0. The fraction of sp³-hybridized carbons (Fsp3) is 0.625. The summed E-state index contributed by atoms with van der Waals surface area (Å²) >= 11 is 0. The first-order valence-corrected chi connectivity index (χ1v) is 14.0. The predicted octanol–water partition coefficient (Wildman–Crippen LogP) is 8.34. The Morgan fingerprint density at radius 2 is 0.800 bits per heavy atom. The minimum Gasteiger partial charge on any atom is -0.872 e. The maximum atomic E-state index is 11.4. The van der Waals surface area contributed by atoms with Crippen molar-refractivity contribution in [2.75, 3.05) is 0 Å². The maximum absolute atomic E-state index is 11.4. The molecule has 0 aliphatic carbocycles. The first kappa shape index (κ1) is 34.6. The van der Waals surface area contributed by atoms with E-state index in [0.717, 1.165) is 24.0 Å². The van der Waals surface area contributed by atoms with Crippen LogP contribution in [0.5, 0.6) is 11.5 Å². The van der Waals surface area contributed by atoms with Crippen molar-refractivity contribution >= 4 is 48.9 Å². The predicted molar refractivity (Wildman–Crippen MR) is 150 cm³/mol. The Hall–Kier alpha value is -0.389. The van der Waals surface area contributed by atoms with Crippen LogP contribution in [0.15, 0.2) is 36.4 Å². The van der Waals surface area contributed by atoms with Gasteiger partial charge >= 0.3 is 48.9 Å². The van der Waals surface area contributed by atoms with Gasteiger partial charge in [-0.15, -0.1) is 11.5 Å². The molecular weight excluding hydrogens is 554 g/mol. The standard InChI is InChI=1S/2C16H26O.Ba/c2*1-3-4-5-6-7-8-9-11-15-12-10-13-16(17)14(15)2;/h2*10,12-13,17H,3-9,11H2,1-2H3;/q;;+2/p-2. The molecule has 0 unspecified atom stereocenters. The van der Waals surface area contributed by atoms with Crippen LogP contribution >= 0.6 is 0 Å². The Labute approximate surface area is 257 Å². The Morgan fingerprint density at radius 3 is 1.14 bits per heavy atom. The molecule has 2 nitrogen and oxygen atoms in total. The Morgan fingerprint density at radius 1 is 0.486 bits per heavy atom. The SMILES string of the molecule is CCCCCCCCCc1cccc([O-])c1C.CCCCCCCCCc1cccc([O-])c1C.[Ba+2]. The van der Waals surface area contributed by atoms with E-state index in [1.807, 2.05) is 26.0 Å². The van der Waals surface area contributed by atoms with E-state index < -0.39 is 0 Å². The minimum absolute atomic E-state index is 0. The van der Waals surface area contributed by atoms with Gasteiger partial charge in [-0.25, -0.2) is 0 Å². The van der Waals surface area contributed by atoms with E-state index in [0.29, 0.717) is 0 Å². The van der Waals surface area contributed by atoms with Gasteiger partial charge in [-0.3, -0.25) is 0 Å². The van der Waals surface area contributed by atoms with Gasteiger partial charge in [0.2, 0.25) is 0 Å². The van der Waals surface area contributed by atoms with E-state index in [4.69, 9.17) is 0 Å². The summed E-state index contributed by atoms with van der Waals surface area (Å²) in [6.07, 6.45) is 20.7. The largest absolute Gasteiger partial charge is 2.00 e. The quantitative estimate of drug-likeness (QED) is 0.143. The van der Waals surface area contributed by atoms with E-state index in [1.54, 1.807) is 12.1 Å². The number of unbranched alkanes of at least 4 members (excludes halogenated alkanes) is 12. The fourth-order valence-corrected chi connectivity index (χ4v) is 4.41. The molecule has 0 fully saturated rings. The zero-order chi connectivity index (χ0) is 25.0. The van der Waals surface area contributed by atoms with Gasteiger partial charge in [0.15, 0.2) is 0 Å². The molecule has 192 valence electrons. The molecule has 0 spiro atoms. The van der Waals surface area contributed by atoms with Crippen LogP contribution in [-0.4, -0.2) is 48.9 Å². The van der Waals surface area contributed by atoms with Gasteiger partial charge in [0.25, 0.3) is 0 Å². The summed E-state index contributed by atoms with van der Waals surface area (Å²) in [5, 5.41) is 22.9. The average molecular weight is 604 g/mol. The summed E-state index contributed by atoms with van der Waals surface area (Å²) in [5.41, 5.74) is 4.37. The van der Waals surface area contributed by atoms with Crippen molar-refractivity contribution in [2.45, 2.75) is 130 Å². The van der Waals surface area contributed by atoms with Gasteiger partial charge in [-0.05, 0) is 50.7 Å². The van der Waals surface area contributed by atoms with Crippen LogP contribution < -0.4 is 10.2 Å².